The lowest BCUT2D eigenvalue weighted by atomic mass is 10.0. The Bertz CT molecular complexity index is 589. The fraction of sp³-hybridized carbons (Fsp3) is 0.467. The predicted octanol–water partition coefficient (Wildman–Crippen LogP) is 2.90. The van der Waals surface area contributed by atoms with Gasteiger partial charge in [-0.3, -0.25) is 0 Å². The summed E-state index contributed by atoms with van der Waals surface area (Å²) in [7, 11) is 0. The van der Waals surface area contributed by atoms with Gasteiger partial charge in [-0.2, -0.15) is 4.98 Å². The molecule has 1 aromatic heterocycles. The molecule has 2 aromatic rings. The van der Waals surface area contributed by atoms with E-state index in [4.69, 9.17) is 4.52 Å². The minimum absolute atomic E-state index is 0.561. The third kappa shape index (κ3) is 2.11. The second-order valence-electron chi connectivity index (χ2n) is 5.47. The highest BCUT2D eigenvalue weighted by Gasteiger charge is 2.29. The number of hydrogen-bond acceptors (Lipinski definition) is 4. The SMILES string of the molecule is c1ccc2c(c1)CCCN2Cc1nc(C2CC2)no1. The fourth-order valence-corrected chi connectivity index (χ4v) is 2.78. The molecule has 98 valence electrons. The van der Waals surface area contributed by atoms with Gasteiger partial charge in [-0.05, 0) is 37.3 Å². The van der Waals surface area contributed by atoms with Gasteiger partial charge in [0.1, 0.15) is 0 Å². The molecule has 0 amide bonds. The van der Waals surface area contributed by atoms with Crippen LogP contribution in [0.25, 0.3) is 0 Å². The maximum Gasteiger partial charge on any atom is 0.246 e. The van der Waals surface area contributed by atoms with E-state index in [1.165, 1.54) is 36.9 Å². The van der Waals surface area contributed by atoms with Crippen LogP contribution in [0.4, 0.5) is 5.69 Å². The zero-order chi connectivity index (χ0) is 12.7. The molecule has 0 N–H and O–H groups in total. The quantitative estimate of drug-likeness (QED) is 0.845. The molecule has 4 rings (SSSR count). The highest BCUT2D eigenvalue weighted by Crippen LogP contribution is 2.38. The van der Waals surface area contributed by atoms with Crippen LogP contribution in [0.1, 0.15) is 42.5 Å². The maximum atomic E-state index is 5.38. The summed E-state index contributed by atoms with van der Waals surface area (Å²) in [5.41, 5.74) is 2.75. The second kappa shape index (κ2) is 4.37. The van der Waals surface area contributed by atoms with Crippen molar-refractivity contribution in [3.05, 3.63) is 41.5 Å². The molecule has 4 heteroatoms. The molecule has 1 aliphatic carbocycles. The predicted molar refractivity (Wildman–Crippen MR) is 72.1 cm³/mol. The fourth-order valence-electron chi connectivity index (χ4n) is 2.78. The monoisotopic (exact) mass is 255 g/mol. The van der Waals surface area contributed by atoms with Gasteiger partial charge >= 0.3 is 0 Å². The highest BCUT2D eigenvalue weighted by atomic mass is 16.5. The average Bonchev–Trinajstić information content (AvgIpc) is 3.20. The Labute approximate surface area is 112 Å². The molecular weight excluding hydrogens is 238 g/mol. The number of aryl methyl sites for hydroxylation is 1. The van der Waals surface area contributed by atoms with Crippen LogP contribution in [0.5, 0.6) is 0 Å². The normalized spacial score (nSPS) is 18.4. The van der Waals surface area contributed by atoms with Crippen molar-refractivity contribution in [1.29, 1.82) is 0 Å². The third-order valence-corrected chi connectivity index (χ3v) is 3.96. The van der Waals surface area contributed by atoms with Crippen molar-refractivity contribution in [2.75, 3.05) is 11.4 Å². The van der Waals surface area contributed by atoms with Crippen molar-refractivity contribution in [1.82, 2.24) is 10.1 Å². The van der Waals surface area contributed by atoms with E-state index in [1.54, 1.807) is 0 Å². The number of para-hydroxylation sites is 1. The van der Waals surface area contributed by atoms with Crippen LogP contribution in [0.2, 0.25) is 0 Å². The molecule has 2 heterocycles. The van der Waals surface area contributed by atoms with E-state index in [0.29, 0.717) is 5.92 Å². The summed E-state index contributed by atoms with van der Waals surface area (Å²) in [5, 5.41) is 4.09. The molecular formula is C15H17N3O. The van der Waals surface area contributed by atoms with E-state index < -0.39 is 0 Å². The Morgan fingerprint density at radius 3 is 3.05 bits per heavy atom. The lowest BCUT2D eigenvalue weighted by Gasteiger charge is -2.29. The van der Waals surface area contributed by atoms with Gasteiger partial charge in [0.2, 0.25) is 5.89 Å². The minimum Gasteiger partial charge on any atom is -0.362 e. The summed E-state index contributed by atoms with van der Waals surface area (Å²) in [6.07, 6.45) is 4.79. The first-order valence-corrected chi connectivity index (χ1v) is 7.05. The number of aromatic nitrogens is 2. The molecule has 0 bridgehead atoms. The second-order valence-corrected chi connectivity index (χ2v) is 5.47. The van der Waals surface area contributed by atoms with Crippen LogP contribution in [-0.2, 0) is 13.0 Å². The summed E-state index contributed by atoms with van der Waals surface area (Å²) < 4.78 is 5.38. The molecule has 1 aliphatic heterocycles. The summed E-state index contributed by atoms with van der Waals surface area (Å²) >= 11 is 0. The van der Waals surface area contributed by atoms with Gasteiger partial charge < -0.3 is 9.42 Å². The van der Waals surface area contributed by atoms with Crippen LogP contribution >= 0.6 is 0 Å². The van der Waals surface area contributed by atoms with Gasteiger partial charge in [0.25, 0.3) is 0 Å². The van der Waals surface area contributed by atoms with Crippen molar-refractivity contribution < 1.29 is 4.52 Å². The van der Waals surface area contributed by atoms with Crippen molar-refractivity contribution in [3.8, 4) is 0 Å². The Morgan fingerprint density at radius 1 is 1.26 bits per heavy atom. The molecule has 0 radical (unpaired) electrons. The van der Waals surface area contributed by atoms with Gasteiger partial charge in [-0.15, -0.1) is 0 Å². The van der Waals surface area contributed by atoms with Crippen molar-refractivity contribution in [2.24, 2.45) is 0 Å². The summed E-state index contributed by atoms with van der Waals surface area (Å²) in [4.78, 5) is 6.87. The lowest BCUT2D eigenvalue weighted by molar-refractivity contribution is 0.370. The molecule has 19 heavy (non-hydrogen) atoms. The number of hydrogen-bond donors (Lipinski definition) is 0. The average molecular weight is 255 g/mol. The van der Waals surface area contributed by atoms with Gasteiger partial charge in [0.05, 0.1) is 6.54 Å². The van der Waals surface area contributed by atoms with Crippen LogP contribution in [-0.4, -0.2) is 16.7 Å². The molecule has 2 aliphatic rings. The molecule has 1 aromatic carbocycles. The van der Waals surface area contributed by atoms with Crippen molar-refractivity contribution in [2.45, 2.75) is 38.1 Å². The zero-order valence-corrected chi connectivity index (χ0v) is 10.9. The Kier molecular flexibility index (Phi) is 2.53. The topological polar surface area (TPSA) is 42.2 Å². The number of nitrogens with zero attached hydrogens (tertiary/aromatic N) is 3. The van der Waals surface area contributed by atoms with Gasteiger partial charge in [0, 0.05) is 18.2 Å². The molecule has 1 fully saturated rings. The summed E-state index contributed by atoms with van der Waals surface area (Å²) in [6.45, 7) is 1.80. The van der Waals surface area contributed by atoms with E-state index in [-0.39, 0.29) is 0 Å². The first-order chi connectivity index (χ1) is 9.40. The van der Waals surface area contributed by atoms with E-state index in [2.05, 4.69) is 39.3 Å². The van der Waals surface area contributed by atoms with Gasteiger partial charge in [-0.1, -0.05) is 23.4 Å². The van der Waals surface area contributed by atoms with Gasteiger partial charge in [-0.25, -0.2) is 0 Å². The lowest BCUT2D eigenvalue weighted by Crippen LogP contribution is -2.28. The van der Waals surface area contributed by atoms with Gasteiger partial charge in [0.15, 0.2) is 5.82 Å². The van der Waals surface area contributed by atoms with Crippen LogP contribution in [0.3, 0.4) is 0 Å². The van der Waals surface area contributed by atoms with Crippen molar-refractivity contribution in [3.63, 3.8) is 0 Å². The van der Waals surface area contributed by atoms with E-state index in [9.17, 15) is 0 Å². The zero-order valence-electron chi connectivity index (χ0n) is 10.9. The highest BCUT2D eigenvalue weighted by molar-refractivity contribution is 5.55. The molecule has 4 nitrogen and oxygen atoms in total. The first-order valence-electron chi connectivity index (χ1n) is 7.05. The maximum absolute atomic E-state index is 5.38. The minimum atomic E-state index is 0.561. The molecule has 1 saturated carbocycles. The number of rotatable bonds is 3. The number of fused-ring (bicyclic) bond motifs is 1. The summed E-state index contributed by atoms with van der Waals surface area (Å²) in [5.74, 6) is 2.21. The molecule has 0 spiro atoms. The van der Waals surface area contributed by atoms with Crippen molar-refractivity contribution >= 4 is 5.69 Å². The number of benzene rings is 1. The summed E-state index contributed by atoms with van der Waals surface area (Å²) in [6, 6.07) is 8.61. The Hall–Kier alpha value is -1.84. The molecule has 0 saturated heterocycles. The Morgan fingerprint density at radius 2 is 2.16 bits per heavy atom. The van der Waals surface area contributed by atoms with E-state index >= 15 is 0 Å². The third-order valence-electron chi connectivity index (χ3n) is 3.96. The molecule has 0 atom stereocenters. The van der Waals surface area contributed by atoms with Crippen LogP contribution in [0, 0.1) is 0 Å². The van der Waals surface area contributed by atoms with E-state index in [0.717, 1.165) is 24.8 Å². The van der Waals surface area contributed by atoms with Crippen LogP contribution < -0.4 is 4.90 Å². The number of anilines is 1. The largest absolute Gasteiger partial charge is 0.362 e. The van der Waals surface area contributed by atoms with Crippen LogP contribution in [0.15, 0.2) is 28.8 Å². The smallest absolute Gasteiger partial charge is 0.246 e. The first kappa shape index (κ1) is 11.0. The van der Waals surface area contributed by atoms with E-state index in [1.807, 2.05) is 0 Å². The Balaban J connectivity index is 1.56. The standard InChI is InChI=1S/C15H17N3O/c1-2-6-13-11(4-1)5-3-9-18(13)10-14-16-15(17-19-14)12-7-8-12/h1-2,4,6,12H,3,5,7-10H2. The molecule has 0 unspecified atom stereocenters.